The fourth-order valence-corrected chi connectivity index (χ4v) is 1.63. The van der Waals surface area contributed by atoms with Gasteiger partial charge < -0.3 is 4.74 Å². The van der Waals surface area contributed by atoms with E-state index < -0.39 is 0 Å². The number of benzene rings is 1. The van der Waals surface area contributed by atoms with Gasteiger partial charge in [-0.05, 0) is 24.1 Å². The van der Waals surface area contributed by atoms with Crippen LogP contribution < -0.4 is 0 Å². The molecule has 0 aliphatic heterocycles. The molecule has 0 unspecified atom stereocenters. The van der Waals surface area contributed by atoms with Crippen molar-refractivity contribution >= 4 is 17.6 Å². The van der Waals surface area contributed by atoms with E-state index in [-0.39, 0.29) is 12.1 Å². The lowest BCUT2D eigenvalue weighted by molar-refractivity contribution is -0.149. The summed E-state index contributed by atoms with van der Waals surface area (Å²) in [6.45, 7) is 5.63. The molecular weight excluding hydrogens is 236 g/mol. The molecule has 0 amide bonds. The molecule has 1 atom stereocenters. The summed E-state index contributed by atoms with van der Waals surface area (Å²) in [6.07, 6.45) is 3.33. The molecule has 3 heteroatoms. The number of hydrogen-bond acceptors (Lipinski definition) is 2. The summed E-state index contributed by atoms with van der Waals surface area (Å²) < 4.78 is 5.40. The molecule has 0 aromatic heterocycles. The van der Waals surface area contributed by atoms with Gasteiger partial charge in [0.1, 0.15) is 6.10 Å². The predicted molar refractivity (Wildman–Crippen MR) is 70.0 cm³/mol. The average molecular weight is 253 g/mol. The van der Waals surface area contributed by atoms with E-state index in [9.17, 15) is 4.79 Å². The van der Waals surface area contributed by atoms with E-state index in [4.69, 9.17) is 16.3 Å². The van der Waals surface area contributed by atoms with Crippen molar-refractivity contribution < 1.29 is 9.53 Å². The van der Waals surface area contributed by atoms with Crippen LogP contribution in [0.15, 0.2) is 36.9 Å². The zero-order chi connectivity index (χ0) is 12.7. The normalized spacial score (nSPS) is 11.9. The monoisotopic (exact) mass is 252 g/mol. The maximum atomic E-state index is 11.5. The van der Waals surface area contributed by atoms with Gasteiger partial charge in [-0.15, -0.1) is 6.58 Å². The van der Waals surface area contributed by atoms with Gasteiger partial charge >= 0.3 is 5.97 Å². The minimum atomic E-state index is -0.260. The molecule has 1 rings (SSSR count). The minimum absolute atomic E-state index is 0.172. The van der Waals surface area contributed by atoms with Gasteiger partial charge in [0.05, 0.1) is 0 Å². The van der Waals surface area contributed by atoms with E-state index in [1.807, 2.05) is 19.1 Å². The van der Waals surface area contributed by atoms with Crippen LogP contribution in [0.3, 0.4) is 0 Å². The van der Waals surface area contributed by atoms with Crippen molar-refractivity contribution in [1.29, 1.82) is 0 Å². The van der Waals surface area contributed by atoms with Crippen LogP contribution in [0.1, 0.15) is 37.9 Å². The van der Waals surface area contributed by atoms with Gasteiger partial charge in [0.25, 0.3) is 0 Å². The zero-order valence-corrected chi connectivity index (χ0v) is 10.7. The first-order chi connectivity index (χ1) is 8.17. The Morgan fingerprint density at radius 3 is 2.65 bits per heavy atom. The van der Waals surface area contributed by atoms with E-state index in [1.54, 1.807) is 18.2 Å². The Hall–Kier alpha value is -1.28. The number of hydrogen-bond donors (Lipinski definition) is 0. The lowest BCUT2D eigenvalue weighted by Crippen LogP contribution is -2.10. The van der Waals surface area contributed by atoms with Crippen molar-refractivity contribution in [3.8, 4) is 0 Å². The van der Waals surface area contributed by atoms with Crippen LogP contribution in [0, 0.1) is 0 Å². The van der Waals surface area contributed by atoms with Crippen LogP contribution in [-0.2, 0) is 9.53 Å². The van der Waals surface area contributed by atoms with Crippen LogP contribution in [0.25, 0.3) is 0 Å². The highest BCUT2D eigenvalue weighted by Crippen LogP contribution is 2.24. The van der Waals surface area contributed by atoms with E-state index in [0.717, 1.165) is 12.0 Å². The molecular formula is C14H17ClO2. The summed E-state index contributed by atoms with van der Waals surface area (Å²) in [5.74, 6) is -0.172. The largest absolute Gasteiger partial charge is 0.457 e. The van der Waals surface area contributed by atoms with E-state index >= 15 is 0 Å². The second kappa shape index (κ2) is 7.13. The fraction of sp³-hybridized carbons (Fsp3) is 0.357. The quantitative estimate of drug-likeness (QED) is 0.557. The summed E-state index contributed by atoms with van der Waals surface area (Å²) >= 11 is 5.82. The highest BCUT2D eigenvalue weighted by atomic mass is 35.5. The maximum absolute atomic E-state index is 11.5. The third-order valence-corrected chi connectivity index (χ3v) is 2.60. The van der Waals surface area contributed by atoms with Gasteiger partial charge in [0.2, 0.25) is 0 Å². The van der Waals surface area contributed by atoms with Crippen molar-refractivity contribution in [2.45, 2.75) is 32.3 Å². The van der Waals surface area contributed by atoms with Gasteiger partial charge in [-0.25, -0.2) is 0 Å². The second-order valence-electron chi connectivity index (χ2n) is 3.80. The average Bonchev–Trinajstić information content (AvgIpc) is 2.30. The molecule has 0 saturated carbocycles. The van der Waals surface area contributed by atoms with Crippen LogP contribution in [0.2, 0.25) is 5.02 Å². The molecule has 2 nitrogen and oxygen atoms in total. The summed E-state index contributed by atoms with van der Waals surface area (Å²) in [5, 5.41) is 0.672. The minimum Gasteiger partial charge on any atom is -0.457 e. The summed E-state index contributed by atoms with van der Waals surface area (Å²) in [7, 11) is 0. The molecule has 0 fully saturated rings. The number of carbonyl (C=O) groups is 1. The number of carbonyl (C=O) groups excluding carboxylic acids is 1. The third kappa shape index (κ3) is 4.61. The van der Waals surface area contributed by atoms with E-state index in [1.165, 1.54) is 0 Å². The number of ether oxygens (including phenoxy) is 1. The summed E-state index contributed by atoms with van der Waals surface area (Å²) in [6, 6.07) is 7.33. The first-order valence-corrected chi connectivity index (χ1v) is 6.11. The lowest BCUT2D eigenvalue weighted by Gasteiger charge is -2.16. The van der Waals surface area contributed by atoms with Gasteiger partial charge in [-0.3, -0.25) is 4.79 Å². The first kappa shape index (κ1) is 13.8. The maximum Gasteiger partial charge on any atom is 0.306 e. The van der Waals surface area contributed by atoms with Crippen LogP contribution in [-0.4, -0.2) is 5.97 Å². The van der Waals surface area contributed by atoms with Gasteiger partial charge in [0, 0.05) is 17.9 Å². The SMILES string of the molecule is C=CC[C@@H](OC(=O)CCC)c1ccc(Cl)cc1. The molecule has 17 heavy (non-hydrogen) atoms. The molecule has 0 saturated heterocycles. The Morgan fingerprint density at radius 1 is 1.47 bits per heavy atom. The molecule has 0 aliphatic carbocycles. The van der Waals surface area contributed by atoms with Gasteiger partial charge in [-0.2, -0.15) is 0 Å². The Bertz CT molecular complexity index is 370. The Kier molecular flexibility index (Phi) is 5.78. The molecule has 0 aliphatic rings. The molecule has 1 aromatic carbocycles. The highest BCUT2D eigenvalue weighted by Gasteiger charge is 2.14. The molecule has 92 valence electrons. The van der Waals surface area contributed by atoms with Crippen molar-refractivity contribution in [1.82, 2.24) is 0 Å². The number of halogens is 1. The topological polar surface area (TPSA) is 26.3 Å². The highest BCUT2D eigenvalue weighted by molar-refractivity contribution is 6.30. The van der Waals surface area contributed by atoms with Crippen molar-refractivity contribution in [3.63, 3.8) is 0 Å². The van der Waals surface area contributed by atoms with Gasteiger partial charge in [-0.1, -0.05) is 36.7 Å². The molecule has 0 spiro atoms. The second-order valence-corrected chi connectivity index (χ2v) is 4.24. The standard InChI is InChI=1S/C14H17ClO2/c1-3-5-13(17-14(16)6-4-2)11-7-9-12(15)10-8-11/h3,7-10,13H,1,4-6H2,2H3/t13-/m1/s1. The molecule has 0 radical (unpaired) electrons. The summed E-state index contributed by atoms with van der Waals surface area (Å²) in [5.41, 5.74) is 0.943. The zero-order valence-electron chi connectivity index (χ0n) is 9.99. The molecule has 1 aromatic rings. The van der Waals surface area contributed by atoms with Crippen LogP contribution >= 0.6 is 11.6 Å². The van der Waals surface area contributed by atoms with Crippen molar-refractivity contribution in [2.24, 2.45) is 0 Å². The van der Waals surface area contributed by atoms with E-state index in [2.05, 4.69) is 6.58 Å². The van der Waals surface area contributed by atoms with Crippen molar-refractivity contribution in [2.75, 3.05) is 0 Å². The first-order valence-electron chi connectivity index (χ1n) is 5.73. The smallest absolute Gasteiger partial charge is 0.306 e. The van der Waals surface area contributed by atoms with E-state index in [0.29, 0.717) is 17.9 Å². The van der Waals surface area contributed by atoms with Crippen LogP contribution in [0.4, 0.5) is 0 Å². The van der Waals surface area contributed by atoms with Crippen LogP contribution in [0.5, 0.6) is 0 Å². The van der Waals surface area contributed by atoms with Crippen molar-refractivity contribution in [3.05, 3.63) is 47.5 Å². The molecule has 0 bridgehead atoms. The van der Waals surface area contributed by atoms with Gasteiger partial charge in [0.15, 0.2) is 0 Å². The predicted octanol–water partition coefficient (Wildman–Crippen LogP) is 4.30. The lowest BCUT2D eigenvalue weighted by atomic mass is 10.1. The summed E-state index contributed by atoms with van der Waals surface area (Å²) in [4.78, 5) is 11.5. The fourth-order valence-electron chi connectivity index (χ4n) is 1.50. The third-order valence-electron chi connectivity index (χ3n) is 2.35. The Balaban J connectivity index is 2.74. The molecule has 0 heterocycles. The number of esters is 1. The Morgan fingerprint density at radius 2 is 2.12 bits per heavy atom. The Labute approximate surface area is 107 Å². The molecule has 0 N–H and O–H groups in total. The number of rotatable bonds is 6.